The van der Waals surface area contributed by atoms with Gasteiger partial charge in [0.05, 0.1) is 16.1 Å². The summed E-state index contributed by atoms with van der Waals surface area (Å²) in [5.74, 6) is 0.269. The highest BCUT2D eigenvalue weighted by Crippen LogP contribution is 2.39. The first-order valence-electron chi connectivity index (χ1n) is 10.9. The molecule has 1 fully saturated rings. The van der Waals surface area contributed by atoms with Crippen molar-refractivity contribution in [1.29, 1.82) is 0 Å². The Balaban J connectivity index is 0.000000291. The number of rotatable bonds is 6. The number of aromatic nitrogens is 1. The van der Waals surface area contributed by atoms with Crippen LogP contribution >= 0.6 is 22.7 Å². The molecule has 2 aromatic heterocycles. The molecule has 2 heterocycles. The van der Waals surface area contributed by atoms with Crippen molar-refractivity contribution in [3.63, 3.8) is 0 Å². The molecule has 2 aromatic carbocycles. The predicted molar refractivity (Wildman–Crippen MR) is 137 cm³/mol. The zero-order chi connectivity index (χ0) is 24.3. The summed E-state index contributed by atoms with van der Waals surface area (Å²) in [5.41, 5.74) is 6.13. The van der Waals surface area contributed by atoms with Crippen LogP contribution in [0.1, 0.15) is 49.2 Å². The molecule has 5 rings (SSSR count). The fraction of sp³-hybridized carbons (Fsp3) is 0.269. The number of Topliss-reactive ketones (excluding diaryl/α,β-unsaturated/α-hetero) is 1. The lowest BCUT2D eigenvalue weighted by Gasteiger charge is -2.34. The number of phenolic OH excluding ortho intramolecular Hbond substituents is 1. The SMILES string of the molecule is CC(=O)c1cc(O)c2ccccc2c1OCc1csc(-c2cccs2)n1.CC1(C(N)=O)CCC1. The molecule has 4 aromatic rings. The molecule has 1 aliphatic rings. The van der Waals surface area contributed by atoms with Gasteiger partial charge in [-0.1, -0.05) is 43.7 Å². The zero-order valence-electron chi connectivity index (χ0n) is 19.0. The Kier molecular flexibility index (Phi) is 7.00. The summed E-state index contributed by atoms with van der Waals surface area (Å²) < 4.78 is 6.00. The number of fused-ring (bicyclic) bond motifs is 1. The first-order valence-corrected chi connectivity index (χ1v) is 12.7. The first-order chi connectivity index (χ1) is 16.3. The van der Waals surface area contributed by atoms with Gasteiger partial charge in [0, 0.05) is 21.6 Å². The molecule has 34 heavy (non-hydrogen) atoms. The molecule has 0 bridgehead atoms. The average molecular weight is 495 g/mol. The number of ether oxygens (including phenoxy) is 1. The number of thiophene rings is 1. The summed E-state index contributed by atoms with van der Waals surface area (Å²) in [6, 6.07) is 12.9. The second kappa shape index (κ2) is 9.95. The van der Waals surface area contributed by atoms with E-state index in [1.807, 2.05) is 48.0 Å². The maximum absolute atomic E-state index is 12.0. The van der Waals surface area contributed by atoms with E-state index in [4.69, 9.17) is 10.5 Å². The van der Waals surface area contributed by atoms with Gasteiger partial charge in [-0.2, -0.15) is 0 Å². The topological polar surface area (TPSA) is 103 Å². The number of aromatic hydroxyl groups is 1. The number of nitrogens with two attached hydrogens (primary N) is 1. The molecule has 1 amide bonds. The summed E-state index contributed by atoms with van der Waals surface area (Å²) in [6.45, 7) is 3.66. The summed E-state index contributed by atoms with van der Waals surface area (Å²) in [7, 11) is 0. The molecule has 3 N–H and O–H groups in total. The van der Waals surface area contributed by atoms with Crippen molar-refractivity contribution in [2.75, 3.05) is 0 Å². The van der Waals surface area contributed by atoms with Gasteiger partial charge in [0.1, 0.15) is 23.1 Å². The van der Waals surface area contributed by atoms with Gasteiger partial charge in [-0.3, -0.25) is 9.59 Å². The molecular weight excluding hydrogens is 468 g/mol. The number of hydrogen-bond acceptors (Lipinski definition) is 7. The van der Waals surface area contributed by atoms with Crippen LogP contribution in [0.3, 0.4) is 0 Å². The van der Waals surface area contributed by atoms with E-state index in [-0.39, 0.29) is 29.5 Å². The van der Waals surface area contributed by atoms with Gasteiger partial charge in [-0.05, 0) is 37.3 Å². The average Bonchev–Trinajstić information content (AvgIpc) is 3.49. The molecule has 1 saturated carbocycles. The Morgan fingerprint density at radius 1 is 1.15 bits per heavy atom. The fourth-order valence-corrected chi connectivity index (χ4v) is 5.35. The maximum atomic E-state index is 12.0. The van der Waals surface area contributed by atoms with Gasteiger partial charge in [-0.15, -0.1) is 22.7 Å². The van der Waals surface area contributed by atoms with Crippen molar-refractivity contribution in [3.8, 4) is 21.4 Å². The van der Waals surface area contributed by atoms with Gasteiger partial charge in [-0.25, -0.2) is 4.98 Å². The molecule has 176 valence electrons. The molecule has 0 atom stereocenters. The maximum Gasteiger partial charge on any atom is 0.223 e. The Bertz CT molecular complexity index is 1320. The molecule has 0 spiro atoms. The number of phenols is 1. The lowest BCUT2D eigenvalue weighted by molar-refractivity contribution is -0.131. The highest BCUT2D eigenvalue weighted by Gasteiger charge is 2.37. The Hall–Kier alpha value is -3.23. The number of carbonyl (C=O) groups is 2. The minimum absolute atomic E-state index is 0.0757. The third kappa shape index (κ3) is 4.98. The predicted octanol–water partition coefficient (Wildman–Crippen LogP) is 6.17. The lowest BCUT2D eigenvalue weighted by atomic mass is 9.70. The third-order valence-electron chi connectivity index (χ3n) is 6.05. The van der Waals surface area contributed by atoms with E-state index >= 15 is 0 Å². The molecule has 0 saturated heterocycles. The second-order valence-electron chi connectivity index (χ2n) is 8.56. The largest absolute Gasteiger partial charge is 0.507 e. The van der Waals surface area contributed by atoms with Gasteiger partial charge in [0.2, 0.25) is 5.91 Å². The minimum atomic E-state index is -0.154. The van der Waals surface area contributed by atoms with E-state index in [0.29, 0.717) is 22.1 Å². The van der Waals surface area contributed by atoms with E-state index in [0.717, 1.165) is 28.4 Å². The summed E-state index contributed by atoms with van der Waals surface area (Å²) in [4.78, 5) is 28.3. The highest BCUT2D eigenvalue weighted by atomic mass is 32.1. The fourth-order valence-electron chi connectivity index (χ4n) is 3.73. The number of benzene rings is 2. The van der Waals surface area contributed by atoms with Crippen molar-refractivity contribution >= 4 is 45.1 Å². The minimum Gasteiger partial charge on any atom is -0.507 e. The summed E-state index contributed by atoms with van der Waals surface area (Å²) in [5, 5.41) is 16.5. The Morgan fingerprint density at radius 2 is 1.88 bits per heavy atom. The Labute approximate surface area is 206 Å². The van der Waals surface area contributed by atoms with Crippen LogP contribution in [0.15, 0.2) is 53.2 Å². The van der Waals surface area contributed by atoms with Crippen molar-refractivity contribution in [3.05, 3.63) is 64.5 Å². The van der Waals surface area contributed by atoms with Crippen LogP contribution in [0.25, 0.3) is 20.7 Å². The smallest absolute Gasteiger partial charge is 0.223 e. The number of ketones is 1. The van der Waals surface area contributed by atoms with Crippen LogP contribution in [0, 0.1) is 5.41 Å². The van der Waals surface area contributed by atoms with Crippen molar-refractivity contribution in [1.82, 2.24) is 4.98 Å². The zero-order valence-corrected chi connectivity index (χ0v) is 20.7. The molecule has 0 unspecified atom stereocenters. The quantitative estimate of drug-likeness (QED) is 0.312. The Morgan fingerprint density at radius 3 is 2.44 bits per heavy atom. The van der Waals surface area contributed by atoms with Crippen LogP contribution in [0.2, 0.25) is 0 Å². The van der Waals surface area contributed by atoms with Crippen LogP contribution in [-0.2, 0) is 11.4 Å². The van der Waals surface area contributed by atoms with Crippen LogP contribution < -0.4 is 10.5 Å². The van der Waals surface area contributed by atoms with Gasteiger partial charge < -0.3 is 15.6 Å². The molecule has 8 heteroatoms. The monoisotopic (exact) mass is 494 g/mol. The molecule has 0 aliphatic heterocycles. The van der Waals surface area contributed by atoms with Gasteiger partial charge >= 0.3 is 0 Å². The summed E-state index contributed by atoms with van der Waals surface area (Å²) in [6.07, 6.45) is 3.14. The number of hydrogen-bond donors (Lipinski definition) is 2. The number of primary amides is 1. The molecular formula is C26H26N2O4S2. The van der Waals surface area contributed by atoms with Crippen LogP contribution in [0.5, 0.6) is 11.5 Å². The molecule has 1 aliphatic carbocycles. The van der Waals surface area contributed by atoms with Gasteiger partial charge in [0.25, 0.3) is 0 Å². The number of thiazole rings is 1. The molecule has 0 radical (unpaired) electrons. The third-order valence-corrected chi connectivity index (χ3v) is 7.98. The van der Waals surface area contributed by atoms with Crippen molar-refractivity contribution < 1.29 is 19.4 Å². The van der Waals surface area contributed by atoms with E-state index in [1.54, 1.807) is 28.7 Å². The normalized spacial score (nSPS) is 14.1. The number of amides is 1. The molecule has 6 nitrogen and oxygen atoms in total. The van der Waals surface area contributed by atoms with E-state index in [2.05, 4.69) is 4.98 Å². The number of nitrogens with zero attached hydrogens (tertiary/aromatic N) is 1. The first kappa shape index (κ1) is 23.9. The van der Waals surface area contributed by atoms with Crippen molar-refractivity contribution in [2.24, 2.45) is 11.1 Å². The van der Waals surface area contributed by atoms with Crippen molar-refractivity contribution in [2.45, 2.75) is 39.7 Å². The van der Waals surface area contributed by atoms with E-state index in [9.17, 15) is 14.7 Å². The second-order valence-corrected chi connectivity index (χ2v) is 10.4. The number of carbonyl (C=O) groups excluding carboxylic acids is 2. The van der Waals surface area contributed by atoms with Crippen LogP contribution in [0.4, 0.5) is 0 Å². The summed E-state index contributed by atoms with van der Waals surface area (Å²) >= 11 is 3.22. The van der Waals surface area contributed by atoms with E-state index < -0.39 is 0 Å². The van der Waals surface area contributed by atoms with E-state index in [1.165, 1.54) is 19.4 Å². The van der Waals surface area contributed by atoms with Crippen LogP contribution in [-0.4, -0.2) is 21.8 Å². The standard InChI is InChI=1S/C20H15NO3S2.C6H11NO/c1-12(22)16-9-17(23)14-5-2-3-6-15(14)19(16)24-10-13-11-26-20(21-13)18-7-4-8-25-18;1-6(5(7)8)3-2-4-6/h2-9,11,23H,10H2,1H3;2-4H2,1H3,(H2,7,8). The van der Waals surface area contributed by atoms with Gasteiger partial charge in [0.15, 0.2) is 5.78 Å². The lowest BCUT2D eigenvalue weighted by Crippen LogP contribution is -2.39. The highest BCUT2D eigenvalue weighted by molar-refractivity contribution is 7.20.